The zero-order chi connectivity index (χ0) is 25.7. The topological polar surface area (TPSA) is 59.1 Å². The average Bonchev–Trinajstić information content (AvgIpc) is 3.35. The van der Waals surface area contributed by atoms with E-state index in [-0.39, 0.29) is 30.3 Å². The van der Waals surface area contributed by atoms with Gasteiger partial charge < -0.3 is 19.3 Å². The molecule has 4 rings (SSSR count). The standard InChI is InChI=1S/C28H31ClN2O4S/c1-19(2)16-30(28(33)20-7-6-8-21(29)15-20)17-27(32)31-13-11-26-22(12-14-36-26)23(31)18-35-25-10-5-4-9-24(25)34-3/h4-10,12,14-15,19,23H,11,13,16-18H2,1-3H3. The van der Waals surface area contributed by atoms with Crippen LogP contribution in [0.4, 0.5) is 0 Å². The quantitative estimate of drug-likeness (QED) is 0.358. The first-order valence-corrected chi connectivity index (χ1v) is 13.3. The summed E-state index contributed by atoms with van der Waals surface area (Å²) in [5, 5.41) is 2.55. The van der Waals surface area contributed by atoms with Gasteiger partial charge in [0.1, 0.15) is 13.2 Å². The molecule has 0 radical (unpaired) electrons. The number of carbonyl (C=O) groups excluding carboxylic acids is 2. The first kappa shape index (κ1) is 26.0. The molecule has 1 aromatic heterocycles. The molecule has 3 aromatic rings. The Morgan fingerprint density at radius 3 is 2.64 bits per heavy atom. The highest BCUT2D eigenvalue weighted by molar-refractivity contribution is 7.10. The summed E-state index contributed by atoms with van der Waals surface area (Å²) < 4.78 is 11.6. The number of halogens is 1. The Morgan fingerprint density at radius 1 is 1.14 bits per heavy atom. The van der Waals surface area contributed by atoms with Crippen LogP contribution in [0, 0.1) is 5.92 Å². The molecule has 2 amide bonds. The van der Waals surface area contributed by atoms with Crippen molar-refractivity contribution in [2.75, 3.05) is 33.4 Å². The maximum Gasteiger partial charge on any atom is 0.254 e. The second kappa shape index (κ2) is 11.8. The van der Waals surface area contributed by atoms with Crippen LogP contribution in [0.2, 0.25) is 5.02 Å². The van der Waals surface area contributed by atoms with Crippen molar-refractivity contribution in [1.82, 2.24) is 9.80 Å². The predicted molar refractivity (Wildman–Crippen MR) is 143 cm³/mol. The fraction of sp³-hybridized carbons (Fsp3) is 0.357. The number of ether oxygens (including phenoxy) is 2. The smallest absolute Gasteiger partial charge is 0.254 e. The molecule has 2 heterocycles. The molecule has 0 N–H and O–H groups in total. The Labute approximate surface area is 221 Å². The van der Waals surface area contributed by atoms with E-state index in [0.717, 1.165) is 12.0 Å². The van der Waals surface area contributed by atoms with Crippen molar-refractivity contribution in [3.8, 4) is 11.5 Å². The van der Waals surface area contributed by atoms with Gasteiger partial charge in [0.05, 0.1) is 13.2 Å². The highest BCUT2D eigenvalue weighted by Gasteiger charge is 2.34. The number of fused-ring (bicyclic) bond motifs is 1. The molecule has 1 atom stereocenters. The maximum atomic E-state index is 13.7. The monoisotopic (exact) mass is 526 g/mol. The lowest BCUT2D eigenvalue weighted by Crippen LogP contribution is -2.48. The molecule has 0 saturated heterocycles. The van der Waals surface area contributed by atoms with Crippen LogP contribution in [0.5, 0.6) is 11.5 Å². The van der Waals surface area contributed by atoms with E-state index in [1.54, 1.807) is 47.6 Å². The fourth-order valence-corrected chi connectivity index (χ4v) is 5.62. The van der Waals surface area contributed by atoms with Gasteiger partial charge in [-0.25, -0.2) is 0 Å². The van der Waals surface area contributed by atoms with Gasteiger partial charge in [0, 0.05) is 28.6 Å². The van der Waals surface area contributed by atoms with Gasteiger partial charge >= 0.3 is 0 Å². The van der Waals surface area contributed by atoms with E-state index in [1.807, 2.05) is 43.0 Å². The van der Waals surface area contributed by atoms with Crippen LogP contribution in [0.25, 0.3) is 0 Å². The van der Waals surface area contributed by atoms with Gasteiger partial charge in [0.2, 0.25) is 5.91 Å². The minimum absolute atomic E-state index is 0.00580. The Bertz CT molecular complexity index is 1210. The number of carbonyl (C=O) groups is 2. The molecule has 1 aliphatic rings. The average molecular weight is 527 g/mol. The number of benzene rings is 2. The number of rotatable bonds is 9. The van der Waals surface area contributed by atoms with E-state index >= 15 is 0 Å². The number of hydrogen-bond donors (Lipinski definition) is 0. The van der Waals surface area contributed by atoms with Crippen molar-refractivity contribution in [2.45, 2.75) is 26.3 Å². The number of nitrogens with zero attached hydrogens (tertiary/aromatic N) is 2. The normalized spacial score (nSPS) is 14.9. The number of amides is 2. The molecule has 0 saturated carbocycles. The van der Waals surface area contributed by atoms with E-state index in [9.17, 15) is 9.59 Å². The molecule has 2 aromatic carbocycles. The van der Waals surface area contributed by atoms with Gasteiger partial charge in [-0.1, -0.05) is 43.6 Å². The van der Waals surface area contributed by atoms with Crippen molar-refractivity contribution in [1.29, 1.82) is 0 Å². The van der Waals surface area contributed by atoms with E-state index in [4.69, 9.17) is 21.1 Å². The molecular weight excluding hydrogens is 496 g/mol. The molecule has 0 spiro atoms. The Balaban J connectivity index is 1.55. The van der Waals surface area contributed by atoms with Crippen LogP contribution in [0.1, 0.15) is 40.7 Å². The summed E-state index contributed by atoms with van der Waals surface area (Å²) in [7, 11) is 1.61. The van der Waals surface area contributed by atoms with E-state index in [1.165, 1.54) is 4.88 Å². The lowest BCUT2D eigenvalue weighted by atomic mass is 10.00. The van der Waals surface area contributed by atoms with Crippen LogP contribution in [0.3, 0.4) is 0 Å². The van der Waals surface area contributed by atoms with Crippen LogP contribution >= 0.6 is 22.9 Å². The van der Waals surface area contributed by atoms with Crippen molar-refractivity contribution in [3.63, 3.8) is 0 Å². The SMILES string of the molecule is COc1ccccc1OCC1c2ccsc2CCN1C(=O)CN(CC(C)C)C(=O)c1cccc(Cl)c1. The Kier molecular flexibility index (Phi) is 8.54. The third-order valence-electron chi connectivity index (χ3n) is 6.15. The summed E-state index contributed by atoms with van der Waals surface area (Å²) >= 11 is 7.82. The number of thiophene rings is 1. The maximum absolute atomic E-state index is 13.7. The summed E-state index contributed by atoms with van der Waals surface area (Å²) in [5.74, 6) is 1.18. The third kappa shape index (κ3) is 6.02. The van der Waals surface area contributed by atoms with Crippen molar-refractivity contribution in [3.05, 3.63) is 81.0 Å². The first-order chi connectivity index (χ1) is 17.4. The van der Waals surface area contributed by atoms with E-state index in [0.29, 0.717) is 41.8 Å². The number of hydrogen-bond acceptors (Lipinski definition) is 5. The van der Waals surface area contributed by atoms with Gasteiger partial charge in [-0.15, -0.1) is 11.3 Å². The highest BCUT2D eigenvalue weighted by Crippen LogP contribution is 2.35. The minimum Gasteiger partial charge on any atom is -0.493 e. The summed E-state index contributed by atoms with van der Waals surface area (Å²) in [6, 6.07) is 16.2. The lowest BCUT2D eigenvalue weighted by molar-refractivity contribution is -0.135. The largest absolute Gasteiger partial charge is 0.493 e. The van der Waals surface area contributed by atoms with Crippen molar-refractivity contribution >= 4 is 34.8 Å². The highest BCUT2D eigenvalue weighted by atomic mass is 35.5. The van der Waals surface area contributed by atoms with Gasteiger partial charge in [-0.2, -0.15) is 0 Å². The summed E-state index contributed by atoms with van der Waals surface area (Å²) in [4.78, 5) is 31.8. The van der Waals surface area contributed by atoms with Crippen LogP contribution < -0.4 is 9.47 Å². The lowest BCUT2D eigenvalue weighted by Gasteiger charge is -2.37. The number of para-hydroxylation sites is 2. The molecule has 1 unspecified atom stereocenters. The number of methoxy groups -OCH3 is 1. The molecule has 6 nitrogen and oxygen atoms in total. The molecule has 0 aliphatic carbocycles. The minimum atomic E-state index is -0.250. The molecule has 1 aliphatic heterocycles. The third-order valence-corrected chi connectivity index (χ3v) is 7.38. The summed E-state index contributed by atoms with van der Waals surface area (Å²) in [6.45, 7) is 5.40. The molecule has 190 valence electrons. The van der Waals surface area contributed by atoms with Gasteiger partial charge in [0.25, 0.3) is 5.91 Å². The first-order valence-electron chi connectivity index (χ1n) is 12.0. The van der Waals surface area contributed by atoms with Gasteiger partial charge in [-0.05, 0) is 59.7 Å². The molecular formula is C28H31ClN2O4S. The van der Waals surface area contributed by atoms with E-state index < -0.39 is 0 Å². The molecule has 36 heavy (non-hydrogen) atoms. The second-order valence-corrected chi connectivity index (χ2v) is 10.6. The summed E-state index contributed by atoms with van der Waals surface area (Å²) in [6.07, 6.45) is 0.788. The zero-order valence-corrected chi connectivity index (χ0v) is 22.3. The van der Waals surface area contributed by atoms with Crippen LogP contribution in [-0.4, -0.2) is 55.0 Å². The fourth-order valence-electron chi connectivity index (χ4n) is 4.50. The van der Waals surface area contributed by atoms with E-state index in [2.05, 4.69) is 11.4 Å². The van der Waals surface area contributed by atoms with Crippen LogP contribution in [-0.2, 0) is 11.2 Å². The predicted octanol–water partition coefficient (Wildman–Crippen LogP) is 5.71. The summed E-state index contributed by atoms with van der Waals surface area (Å²) in [5.41, 5.74) is 1.58. The molecule has 0 bridgehead atoms. The second-order valence-electron chi connectivity index (χ2n) is 9.20. The van der Waals surface area contributed by atoms with Crippen molar-refractivity contribution in [2.24, 2.45) is 5.92 Å². The molecule has 0 fully saturated rings. The Morgan fingerprint density at radius 2 is 1.92 bits per heavy atom. The van der Waals surface area contributed by atoms with Gasteiger partial charge in [0.15, 0.2) is 11.5 Å². The van der Waals surface area contributed by atoms with Gasteiger partial charge in [-0.3, -0.25) is 9.59 Å². The zero-order valence-electron chi connectivity index (χ0n) is 20.8. The van der Waals surface area contributed by atoms with Crippen molar-refractivity contribution < 1.29 is 19.1 Å². The molecule has 8 heteroatoms. The van der Waals surface area contributed by atoms with Crippen LogP contribution in [0.15, 0.2) is 60.0 Å². The Hall–Kier alpha value is -3.03.